The molecule has 0 unspecified atom stereocenters. The summed E-state index contributed by atoms with van der Waals surface area (Å²) in [5, 5.41) is 3.09. The minimum atomic E-state index is 0.0454. The number of urea groups is 1. The number of anilines is 1. The van der Waals surface area contributed by atoms with Gasteiger partial charge in [-0.3, -0.25) is 4.90 Å². The van der Waals surface area contributed by atoms with Crippen LogP contribution >= 0.6 is 0 Å². The van der Waals surface area contributed by atoms with Gasteiger partial charge in [-0.05, 0) is 55.7 Å². The van der Waals surface area contributed by atoms with Crippen molar-refractivity contribution in [2.75, 3.05) is 18.0 Å². The molecule has 24 heavy (non-hydrogen) atoms. The molecule has 1 aliphatic rings. The topological polar surface area (TPSA) is 32.3 Å². The fraction of sp³-hybridized carbons (Fsp3) is 0.381. The van der Waals surface area contributed by atoms with E-state index in [2.05, 4.69) is 47.8 Å². The first-order valence-electron chi connectivity index (χ1n) is 9.02. The van der Waals surface area contributed by atoms with Crippen LogP contribution in [0, 0.1) is 0 Å². The lowest BCUT2D eigenvalue weighted by Crippen LogP contribution is -2.41. The van der Waals surface area contributed by atoms with Gasteiger partial charge >= 0.3 is 6.03 Å². The molecule has 2 amide bonds. The van der Waals surface area contributed by atoms with Crippen molar-refractivity contribution in [2.45, 2.75) is 38.5 Å². The van der Waals surface area contributed by atoms with Crippen LogP contribution in [0.25, 0.3) is 0 Å². The second-order valence-electron chi connectivity index (χ2n) is 6.41. The number of carbonyl (C=O) groups is 1. The summed E-state index contributed by atoms with van der Waals surface area (Å²) in [6, 6.07) is 18.8. The van der Waals surface area contributed by atoms with Crippen molar-refractivity contribution in [3.63, 3.8) is 0 Å². The molecule has 0 fully saturated rings. The van der Waals surface area contributed by atoms with E-state index in [0.717, 1.165) is 57.3 Å². The van der Waals surface area contributed by atoms with Crippen LogP contribution in [0.3, 0.4) is 0 Å². The highest BCUT2D eigenvalue weighted by Crippen LogP contribution is 2.25. The van der Waals surface area contributed by atoms with E-state index in [1.54, 1.807) is 0 Å². The van der Waals surface area contributed by atoms with E-state index in [1.807, 2.05) is 17.0 Å². The first-order valence-corrected chi connectivity index (χ1v) is 9.02. The summed E-state index contributed by atoms with van der Waals surface area (Å²) in [6.45, 7) is 1.55. The largest absolute Gasteiger partial charge is 0.338 e. The van der Waals surface area contributed by atoms with E-state index < -0.39 is 0 Å². The van der Waals surface area contributed by atoms with Crippen molar-refractivity contribution in [2.24, 2.45) is 0 Å². The summed E-state index contributed by atoms with van der Waals surface area (Å²) < 4.78 is 0. The molecule has 0 saturated heterocycles. The molecule has 0 spiro atoms. The molecule has 1 aliphatic heterocycles. The summed E-state index contributed by atoms with van der Waals surface area (Å²) >= 11 is 0. The molecule has 0 aliphatic carbocycles. The highest BCUT2D eigenvalue weighted by molar-refractivity contribution is 5.92. The van der Waals surface area contributed by atoms with Crippen LogP contribution in [0.1, 0.15) is 36.8 Å². The molecule has 0 bridgehead atoms. The number of benzene rings is 2. The lowest BCUT2D eigenvalue weighted by molar-refractivity contribution is 0.246. The van der Waals surface area contributed by atoms with Gasteiger partial charge in [0.2, 0.25) is 0 Å². The second kappa shape index (κ2) is 8.53. The Balaban J connectivity index is 1.47. The number of unbranched alkanes of at least 4 members (excludes halogenated alkanes) is 1. The Bertz CT molecular complexity index is 654. The number of rotatable bonds is 5. The van der Waals surface area contributed by atoms with Gasteiger partial charge in [-0.1, -0.05) is 48.5 Å². The molecule has 0 aromatic heterocycles. The molecule has 0 saturated carbocycles. The number of carbonyl (C=O) groups excluding carboxylic acids is 1. The number of para-hydroxylation sites is 1. The van der Waals surface area contributed by atoms with Gasteiger partial charge in [0, 0.05) is 18.8 Å². The maximum atomic E-state index is 12.6. The van der Waals surface area contributed by atoms with E-state index >= 15 is 0 Å². The lowest BCUT2D eigenvalue weighted by atomic mass is 10.1. The molecule has 3 nitrogen and oxygen atoms in total. The van der Waals surface area contributed by atoms with Crippen LogP contribution in [0.15, 0.2) is 54.6 Å². The van der Waals surface area contributed by atoms with Gasteiger partial charge in [-0.25, -0.2) is 4.79 Å². The van der Waals surface area contributed by atoms with Gasteiger partial charge < -0.3 is 5.32 Å². The second-order valence-corrected chi connectivity index (χ2v) is 6.41. The number of hydrogen-bond acceptors (Lipinski definition) is 1. The first kappa shape index (κ1) is 16.6. The predicted octanol–water partition coefficient (Wildman–Crippen LogP) is 4.56. The molecule has 126 valence electrons. The quantitative estimate of drug-likeness (QED) is 0.804. The minimum absolute atomic E-state index is 0.0454. The Morgan fingerprint density at radius 3 is 2.62 bits per heavy atom. The van der Waals surface area contributed by atoms with Gasteiger partial charge in [0.05, 0.1) is 0 Å². The third-order valence-electron chi connectivity index (χ3n) is 4.62. The van der Waals surface area contributed by atoms with E-state index in [0.29, 0.717) is 0 Å². The Hall–Kier alpha value is -2.29. The molecular weight excluding hydrogens is 296 g/mol. The smallest absolute Gasteiger partial charge is 0.321 e. The van der Waals surface area contributed by atoms with Crippen molar-refractivity contribution in [1.82, 2.24) is 5.32 Å². The molecule has 2 aromatic rings. The Labute approximate surface area is 144 Å². The lowest BCUT2D eigenvalue weighted by Gasteiger charge is -2.23. The molecule has 0 atom stereocenters. The summed E-state index contributed by atoms with van der Waals surface area (Å²) in [6.07, 6.45) is 6.46. The van der Waals surface area contributed by atoms with Crippen molar-refractivity contribution >= 4 is 11.7 Å². The molecule has 1 heterocycles. The van der Waals surface area contributed by atoms with Crippen molar-refractivity contribution in [1.29, 1.82) is 0 Å². The van der Waals surface area contributed by atoms with Crippen molar-refractivity contribution in [3.8, 4) is 0 Å². The summed E-state index contributed by atoms with van der Waals surface area (Å²) in [7, 11) is 0. The molecule has 3 rings (SSSR count). The SMILES string of the molecule is O=C(NCCCCc1ccccc1)N1CCCCc2ccccc21. The molecule has 3 heteroatoms. The van der Waals surface area contributed by atoms with Crippen molar-refractivity contribution < 1.29 is 4.79 Å². The van der Waals surface area contributed by atoms with Crippen LogP contribution in [0.4, 0.5) is 10.5 Å². The maximum absolute atomic E-state index is 12.6. The average molecular weight is 322 g/mol. The monoisotopic (exact) mass is 322 g/mol. The van der Waals surface area contributed by atoms with E-state index in [-0.39, 0.29) is 6.03 Å². The fourth-order valence-electron chi connectivity index (χ4n) is 3.29. The molecule has 0 radical (unpaired) electrons. The molecule has 1 N–H and O–H groups in total. The van der Waals surface area contributed by atoms with Gasteiger partial charge in [0.15, 0.2) is 0 Å². The third-order valence-corrected chi connectivity index (χ3v) is 4.62. The minimum Gasteiger partial charge on any atom is -0.338 e. The van der Waals surface area contributed by atoms with Crippen molar-refractivity contribution in [3.05, 3.63) is 65.7 Å². The number of nitrogens with zero attached hydrogens (tertiary/aromatic N) is 1. The van der Waals surface area contributed by atoms with Crippen LogP contribution in [-0.4, -0.2) is 19.1 Å². The number of fused-ring (bicyclic) bond motifs is 1. The zero-order valence-electron chi connectivity index (χ0n) is 14.2. The summed E-state index contributed by atoms with van der Waals surface area (Å²) in [4.78, 5) is 14.5. The van der Waals surface area contributed by atoms with Gasteiger partial charge in [0.1, 0.15) is 0 Å². The highest BCUT2D eigenvalue weighted by atomic mass is 16.2. The van der Waals surface area contributed by atoms with Gasteiger partial charge in [-0.2, -0.15) is 0 Å². The number of hydrogen-bond donors (Lipinski definition) is 1. The maximum Gasteiger partial charge on any atom is 0.321 e. The highest BCUT2D eigenvalue weighted by Gasteiger charge is 2.20. The zero-order chi connectivity index (χ0) is 16.6. The van der Waals surface area contributed by atoms with Crippen LogP contribution in [-0.2, 0) is 12.8 Å². The average Bonchev–Trinajstić information content (AvgIpc) is 2.85. The number of aryl methyl sites for hydroxylation is 2. The molecule has 2 aromatic carbocycles. The van der Waals surface area contributed by atoms with Crippen LogP contribution in [0.2, 0.25) is 0 Å². The van der Waals surface area contributed by atoms with E-state index in [1.165, 1.54) is 11.1 Å². The summed E-state index contributed by atoms with van der Waals surface area (Å²) in [5.41, 5.74) is 3.73. The van der Waals surface area contributed by atoms with Crippen LogP contribution < -0.4 is 10.2 Å². The number of nitrogens with one attached hydrogen (secondary N) is 1. The zero-order valence-corrected chi connectivity index (χ0v) is 14.2. The van der Waals surface area contributed by atoms with Gasteiger partial charge in [0.25, 0.3) is 0 Å². The fourth-order valence-corrected chi connectivity index (χ4v) is 3.29. The van der Waals surface area contributed by atoms with E-state index in [4.69, 9.17) is 0 Å². The predicted molar refractivity (Wildman–Crippen MR) is 99.5 cm³/mol. The van der Waals surface area contributed by atoms with E-state index in [9.17, 15) is 4.79 Å². The molecular formula is C21H26N2O. The Morgan fingerprint density at radius 1 is 0.958 bits per heavy atom. The summed E-state index contributed by atoms with van der Waals surface area (Å²) in [5.74, 6) is 0. The number of amides is 2. The Morgan fingerprint density at radius 2 is 1.75 bits per heavy atom. The Kier molecular flexibility index (Phi) is 5.89. The van der Waals surface area contributed by atoms with Gasteiger partial charge in [-0.15, -0.1) is 0 Å². The first-order chi connectivity index (χ1) is 11.8. The normalized spacial score (nSPS) is 13.9. The standard InChI is InChI=1S/C21H26N2O/c24-21(22-16-8-6-12-18-10-2-1-3-11-18)23-17-9-7-14-19-13-4-5-15-20(19)23/h1-5,10-11,13,15H,6-9,12,14,16-17H2,(H,22,24). The third kappa shape index (κ3) is 4.38. The van der Waals surface area contributed by atoms with Crippen LogP contribution in [0.5, 0.6) is 0 Å².